The zero-order chi connectivity index (χ0) is 23.5. The zero-order valence-electron chi connectivity index (χ0n) is 19.4. The van der Waals surface area contributed by atoms with Crippen LogP contribution in [0.15, 0.2) is 77.8 Å². The molecule has 34 heavy (non-hydrogen) atoms. The van der Waals surface area contributed by atoms with Crippen LogP contribution in [0.1, 0.15) is 42.0 Å². The number of phenolic OH excluding ortho intramolecular Hbond substituents is 2. The first-order chi connectivity index (χ1) is 16.6. The average molecular weight is 458 g/mol. The first-order valence-corrected chi connectivity index (χ1v) is 11.8. The number of nitrogens with one attached hydrogen (secondary N) is 1. The Kier molecular flexibility index (Phi) is 6.26. The number of ether oxygens (including phenoxy) is 1. The molecule has 0 aliphatic carbocycles. The molecular weight excluding hydrogens is 426 g/mol. The van der Waals surface area contributed by atoms with Crippen LogP contribution in [0.3, 0.4) is 0 Å². The van der Waals surface area contributed by atoms with E-state index in [1.807, 2.05) is 36.4 Å². The van der Waals surface area contributed by atoms with Crippen molar-refractivity contribution < 1.29 is 14.9 Å². The first-order valence-electron chi connectivity index (χ1n) is 11.8. The Morgan fingerprint density at radius 2 is 1.71 bits per heavy atom. The van der Waals surface area contributed by atoms with Gasteiger partial charge in [0, 0.05) is 48.9 Å². The van der Waals surface area contributed by atoms with Gasteiger partial charge in [-0.2, -0.15) is 0 Å². The summed E-state index contributed by atoms with van der Waals surface area (Å²) in [4.78, 5) is 7.66. The number of aromatic hydroxyl groups is 2. The number of hydrogen-bond donors (Lipinski definition) is 3. The van der Waals surface area contributed by atoms with Crippen molar-refractivity contribution in [1.29, 1.82) is 0 Å². The largest absolute Gasteiger partial charge is 0.507 e. The van der Waals surface area contributed by atoms with Gasteiger partial charge in [0.1, 0.15) is 11.4 Å². The lowest BCUT2D eigenvalue weighted by molar-refractivity contribution is 0.119. The second-order valence-corrected chi connectivity index (χ2v) is 9.17. The van der Waals surface area contributed by atoms with Gasteiger partial charge in [0.2, 0.25) is 0 Å². The smallest absolute Gasteiger partial charge is 0.162 e. The highest BCUT2D eigenvalue weighted by Crippen LogP contribution is 2.41. The number of piperidine rings is 1. The molecule has 5 rings (SSSR count). The molecule has 176 valence electrons. The van der Waals surface area contributed by atoms with Crippen LogP contribution in [0.25, 0.3) is 0 Å². The molecule has 3 N–H and O–H groups in total. The van der Waals surface area contributed by atoms with E-state index in [0.29, 0.717) is 12.2 Å². The van der Waals surface area contributed by atoms with Crippen LogP contribution < -0.4 is 10.1 Å². The molecule has 1 atom stereocenters. The normalized spacial score (nSPS) is 20.1. The molecule has 2 aliphatic rings. The zero-order valence-corrected chi connectivity index (χ0v) is 19.4. The summed E-state index contributed by atoms with van der Waals surface area (Å²) in [7, 11) is 1.56. The van der Waals surface area contributed by atoms with Crippen LogP contribution >= 0.6 is 0 Å². The molecule has 3 aromatic carbocycles. The Morgan fingerprint density at radius 3 is 2.44 bits per heavy atom. The molecule has 6 nitrogen and oxygen atoms in total. The van der Waals surface area contributed by atoms with Gasteiger partial charge < -0.3 is 14.9 Å². The summed E-state index contributed by atoms with van der Waals surface area (Å²) >= 11 is 0. The molecule has 1 unspecified atom stereocenters. The maximum absolute atomic E-state index is 10.9. The minimum atomic E-state index is -0.455. The van der Waals surface area contributed by atoms with Gasteiger partial charge >= 0.3 is 0 Å². The molecule has 1 saturated heterocycles. The van der Waals surface area contributed by atoms with Crippen LogP contribution in [0, 0.1) is 0 Å². The topological polar surface area (TPSA) is 77.3 Å². The van der Waals surface area contributed by atoms with Crippen molar-refractivity contribution in [3.63, 3.8) is 0 Å². The van der Waals surface area contributed by atoms with Gasteiger partial charge in [-0.25, -0.2) is 0 Å². The summed E-state index contributed by atoms with van der Waals surface area (Å²) in [5, 5.41) is 25.2. The number of nitrogens with zero attached hydrogens (tertiary/aromatic N) is 2. The Balaban J connectivity index is 1.45. The molecule has 1 fully saturated rings. The van der Waals surface area contributed by atoms with E-state index in [1.54, 1.807) is 19.2 Å². The van der Waals surface area contributed by atoms with Gasteiger partial charge in [-0.3, -0.25) is 15.2 Å². The first kappa shape index (κ1) is 22.4. The van der Waals surface area contributed by atoms with Crippen molar-refractivity contribution >= 4 is 5.71 Å². The van der Waals surface area contributed by atoms with Gasteiger partial charge in [-0.15, -0.1) is 0 Å². The van der Waals surface area contributed by atoms with Crippen LogP contribution in [0.4, 0.5) is 0 Å². The number of phenols is 2. The van der Waals surface area contributed by atoms with E-state index >= 15 is 0 Å². The molecule has 0 bridgehead atoms. The van der Waals surface area contributed by atoms with Crippen molar-refractivity contribution in [2.45, 2.75) is 37.5 Å². The number of methoxy groups -OCH3 is 1. The molecule has 0 saturated carbocycles. The molecule has 3 aromatic rings. The standard InChI is InChI=1S/C28H31N3O3/c1-34-26-13-7-11-22(27(26)33)24-18-23(21-10-5-6-12-25(21)32)29-28(30-24)14-16-31(17-15-28)19-20-8-3-2-4-9-20/h2-13,24,30,32-33H,14-19H2,1H3. The van der Waals surface area contributed by atoms with Crippen molar-refractivity contribution in [3.8, 4) is 17.2 Å². The number of aliphatic imine (C=N–C) groups is 1. The summed E-state index contributed by atoms with van der Waals surface area (Å²) in [5.74, 6) is 0.837. The average Bonchev–Trinajstić information content (AvgIpc) is 2.86. The van der Waals surface area contributed by atoms with Crippen molar-refractivity contribution in [3.05, 3.63) is 89.5 Å². The van der Waals surface area contributed by atoms with E-state index in [0.717, 1.165) is 49.3 Å². The second-order valence-electron chi connectivity index (χ2n) is 9.17. The Hall–Kier alpha value is -3.35. The molecule has 6 heteroatoms. The van der Waals surface area contributed by atoms with Gasteiger partial charge in [0.25, 0.3) is 0 Å². The third-order valence-electron chi connectivity index (χ3n) is 6.96. The molecular formula is C28H31N3O3. The lowest BCUT2D eigenvalue weighted by Crippen LogP contribution is -2.55. The van der Waals surface area contributed by atoms with E-state index in [-0.39, 0.29) is 17.5 Å². The predicted molar refractivity (Wildman–Crippen MR) is 133 cm³/mol. The summed E-state index contributed by atoms with van der Waals surface area (Å²) in [6.07, 6.45) is 2.25. The Labute approximate surface area is 200 Å². The van der Waals surface area contributed by atoms with Crippen LogP contribution in [-0.2, 0) is 6.54 Å². The van der Waals surface area contributed by atoms with Gasteiger partial charge in [-0.1, -0.05) is 54.6 Å². The van der Waals surface area contributed by atoms with E-state index in [1.165, 1.54) is 5.56 Å². The summed E-state index contributed by atoms with van der Waals surface area (Å²) < 4.78 is 5.36. The number of hydrogen-bond acceptors (Lipinski definition) is 6. The molecule has 0 radical (unpaired) electrons. The summed E-state index contributed by atoms with van der Waals surface area (Å²) in [5.41, 5.74) is 3.26. The number of benzene rings is 3. The maximum Gasteiger partial charge on any atom is 0.162 e. The minimum Gasteiger partial charge on any atom is -0.507 e. The van der Waals surface area contributed by atoms with E-state index < -0.39 is 5.66 Å². The van der Waals surface area contributed by atoms with Crippen molar-refractivity contribution in [2.75, 3.05) is 20.2 Å². The predicted octanol–water partition coefficient (Wildman–Crippen LogP) is 4.62. The fourth-order valence-corrected chi connectivity index (χ4v) is 5.14. The fourth-order valence-electron chi connectivity index (χ4n) is 5.14. The number of para-hydroxylation sites is 2. The minimum absolute atomic E-state index is 0.150. The van der Waals surface area contributed by atoms with Gasteiger partial charge in [0.15, 0.2) is 11.5 Å². The van der Waals surface area contributed by atoms with Crippen molar-refractivity contribution in [1.82, 2.24) is 10.2 Å². The van der Waals surface area contributed by atoms with E-state index in [9.17, 15) is 10.2 Å². The van der Waals surface area contributed by atoms with Crippen LogP contribution in [0.5, 0.6) is 17.2 Å². The van der Waals surface area contributed by atoms with E-state index in [4.69, 9.17) is 9.73 Å². The van der Waals surface area contributed by atoms with Crippen LogP contribution in [-0.4, -0.2) is 46.7 Å². The highest BCUT2D eigenvalue weighted by atomic mass is 16.5. The number of likely N-dealkylation sites (tertiary alicyclic amines) is 1. The van der Waals surface area contributed by atoms with Gasteiger partial charge in [-0.05, 0) is 36.6 Å². The lowest BCUT2D eigenvalue weighted by Gasteiger charge is -2.45. The molecule has 0 aromatic heterocycles. The summed E-state index contributed by atoms with van der Waals surface area (Å²) in [6.45, 7) is 2.75. The van der Waals surface area contributed by atoms with Crippen molar-refractivity contribution in [2.24, 2.45) is 4.99 Å². The fraction of sp³-hybridized carbons (Fsp3) is 0.321. The highest BCUT2D eigenvalue weighted by Gasteiger charge is 2.41. The Bertz CT molecular complexity index is 1170. The molecule has 1 spiro atoms. The monoisotopic (exact) mass is 457 g/mol. The third kappa shape index (κ3) is 4.52. The molecule has 2 aliphatic heterocycles. The van der Waals surface area contributed by atoms with Crippen LogP contribution in [0.2, 0.25) is 0 Å². The second kappa shape index (κ2) is 9.49. The summed E-state index contributed by atoms with van der Waals surface area (Å²) in [6, 6.07) is 23.3. The Morgan fingerprint density at radius 1 is 0.971 bits per heavy atom. The molecule has 0 amide bonds. The lowest BCUT2D eigenvalue weighted by atomic mass is 9.87. The SMILES string of the molecule is COc1cccc(C2CC(c3ccccc3O)=NC3(CCN(Cc4ccccc4)CC3)N2)c1O. The maximum atomic E-state index is 10.9. The van der Waals surface area contributed by atoms with Gasteiger partial charge in [0.05, 0.1) is 7.11 Å². The quantitative estimate of drug-likeness (QED) is 0.521. The highest BCUT2D eigenvalue weighted by molar-refractivity contribution is 6.03. The number of rotatable bonds is 5. The third-order valence-corrected chi connectivity index (χ3v) is 6.96. The van der Waals surface area contributed by atoms with E-state index in [2.05, 4.69) is 34.5 Å². The molecule has 2 heterocycles.